The van der Waals surface area contributed by atoms with E-state index >= 15 is 0 Å². The number of aliphatic hydroxyl groups is 1. The highest BCUT2D eigenvalue weighted by Crippen LogP contribution is 2.24. The number of benzene rings is 1. The fourth-order valence-electron chi connectivity index (χ4n) is 3.80. The molecule has 1 amide bonds. The number of carbonyl (C=O) groups is 1. The van der Waals surface area contributed by atoms with Crippen molar-refractivity contribution in [3.05, 3.63) is 53.9 Å². The van der Waals surface area contributed by atoms with Crippen LogP contribution in [0.25, 0.3) is 0 Å². The van der Waals surface area contributed by atoms with Crippen LogP contribution in [0.15, 0.2) is 42.7 Å². The molecule has 150 valence electrons. The minimum absolute atomic E-state index is 0.160. The number of hydrogen-bond donors (Lipinski definition) is 2. The smallest absolute Gasteiger partial charge is 0.255 e. The Morgan fingerprint density at radius 2 is 1.93 bits per heavy atom. The molecule has 1 atom stereocenters. The van der Waals surface area contributed by atoms with Gasteiger partial charge in [-0.25, -0.2) is 9.97 Å². The molecule has 1 aromatic heterocycles. The zero-order chi connectivity index (χ0) is 20.0. The number of nitrogens with zero attached hydrogens (tertiary/aromatic N) is 4. The van der Waals surface area contributed by atoms with Gasteiger partial charge in [0.15, 0.2) is 5.60 Å². The van der Waals surface area contributed by atoms with Crippen LogP contribution in [0.2, 0.25) is 0 Å². The zero-order valence-corrected chi connectivity index (χ0v) is 16.4. The molecular weight excluding hydrogens is 354 g/mol. The molecule has 3 rings (SSSR count). The van der Waals surface area contributed by atoms with Crippen molar-refractivity contribution < 1.29 is 9.90 Å². The number of aromatic nitrogens is 2. The number of nitrogen functional groups attached to an aromatic ring is 1. The lowest BCUT2D eigenvalue weighted by Crippen LogP contribution is -2.58. The van der Waals surface area contributed by atoms with Crippen LogP contribution in [0.3, 0.4) is 0 Å². The normalized spacial score (nSPS) is 20.0. The summed E-state index contributed by atoms with van der Waals surface area (Å²) < 4.78 is 0. The summed E-state index contributed by atoms with van der Waals surface area (Å²) in [5.74, 6) is 0.0749. The molecule has 7 heteroatoms. The van der Waals surface area contributed by atoms with Gasteiger partial charge in [0.1, 0.15) is 0 Å². The molecule has 28 heavy (non-hydrogen) atoms. The van der Waals surface area contributed by atoms with E-state index in [0.717, 1.165) is 24.8 Å². The van der Waals surface area contributed by atoms with Gasteiger partial charge in [0.2, 0.25) is 5.95 Å². The van der Waals surface area contributed by atoms with Crippen LogP contribution in [-0.2, 0) is 17.8 Å². The second-order valence-corrected chi connectivity index (χ2v) is 7.64. The van der Waals surface area contributed by atoms with Crippen LogP contribution in [-0.4, -0.2) is 63.1 Å². The number of likely N-dealkylation sites (tertiary alicyclic amines) is 1. The van der Waals surface area contributed by atoms with E-state index in [1.165, 1.54) is 5.56 Å². The Labute approximate surface area is 166 Å². The van der Waals surface area contributed by atoms with Gasteiger partial charge >= 0.3 is 0 Å². The molecule has 0 bridgehead atoms. The summed E-state index contributed by atoms with van der Waals surface area (Å²) in [7, 11) is 1.88. The van der Waals surface area contributed by atoms with E-state index in [4.69, 9.17) is 5.73 Å². The number of rotatable bonds is 8. The van der Waals surface area contributed by atoms with E-state index in [2.05, 4.69) is 22.1 Å². The molecule has 0 aliphatic carbocycles. The third-order valence-electron chi connectivity index (χ3n) is 5.15. The van der Waals surface area contributed by atoms with Gasteiger partial charge in [-0.3, -0.25) is 9.69 Å². The first kappa shape index (κ1) is 20.2. The Kier molecular flexibility index (Phi) is 6.59. The fourth-order valence-corrected chi connectivity index (χ4v) is 3.80. The van der Waals surface area contributed by atoms with Gasteiger partial charge in [-0.05, 0) is 38.3 Å². The quantitative estimate of drug-likeness (QED) is 0.717. The predicted octanol–water partition coefficient (Wildman–Crippen LogP) is 1.48. The largest absolute Gasteiger partial charge is 0.379 e. The highest BCUT2D eigenvalue weighted by atomic mass is 16.3. The van der Waals surface area contributed by atoms with E-state index in [9.17, 15) is 9.90 Å². The number of anilines is 1. The van der Waals surface area contributed by atoms with Crippen LogP contribution >= 0.6 is 0 Å². The average molecular weight is 383 g/mol. The lowest BCUT2D eigenvalue weighted by atomic mass is 9.90. The molecule has 1 aliphatic rings. The molecule has 3 N–H and O–H groups in total. The summed E-state index contributed by atoms with van der Waals surface area (Å²) in [5, 5.41) is 11.0. The highest BCUT2D eigenvalue weighted by molar-refractivity contribution is 5.86. The number of nitrogens with two attached hydrogens (primary N) is 1. The van der Waals surface area contributed by atoms with E-state index in [1.807, 2.05) is 35.0 Å². The second-order valence-electron chi connectivity index (χ2n) is 7.64. The molecule has 1 aromatic carbocycles. The first-order valence-electron chi connectivity index (χ1n) is 9.77. The summed E-state index contributed by atoms with van der Waals surface area (Å²) in [5.41, 5.74) is 6.34. The summed E-state index contributed by atoms with van der Waals surface area (Å²) in [6.45, 7) is 2.21. The number of aryl methyl sites for hydroxylation is 1. The van der Waals surface area contributed by atoms with Crippen molar-refractivity contribution in [1.29, 1.82) is 0 Å². The van der Waals surface area contributed by atoms with Crippen LogP contribution < -0.4 is 5.73 Å². The third kappa shape index (κ3) is 5.27. The van der Waals surface area contributed by atoms with E-state index in [-0.39, 0.29) is 18.4 Å². The summed E-state index contributed by atoms with van der Waals surface area (Å²) in [6.07, 6.45) is 6.46. The maximum absolute atomic E-state index is 12.9. The number of likely N-dealkylation sites (N-methyl/N-ethyl adjacent to an activating group) is 1. The van der Waals surface area contributed by atoms with Crippen molar-refractivity contribution in [3.8, 4) is 0 Å². The summed E-state index contributed by atoms with van der Waals surface area (Å²) >= 11 is 0. The number of piperidine rings is 1. The van der Waals surface area contributed by atoms with Crippen molar-refractivity contribution in [1.82, 2.24) is 19.8 Å². The Morgan fingerprint density at radius 3 is 2.64 bits per heavy atom. The van der Waals surface area contributed by atoms with Gasteiger partial charge < -0.3 is 15.7 Å². The van der Waals surface area contributed by atoms with Crippen molar-refractivity contribution in [2.75, 3.05) is 32.4 Å². The zero-order valence-electron chi connectivity index (χ0n) is 16.4. The van der Waals surface area contributed by atoms with Crippen molar-refractivity contribution in [2.45, 2.75) is 37.8 Å². The van der Waals surface area contributed by atoms with Crippen molar-refractivity contribution in [2.24, 2.45) is 0 Å². The van der Waals surface area contributed by atoms with E-state index in [0.29, 0.717) is 26.1 Å². The van der Waals surface area contributed by atoms with Crippen LogP contribution in [0.1, 0.15) is 30.4 Å². The van der Waals surface area contributed by atoms with Crippen molar-refractivity contribution >= 4 is 11.9 Å². The SMILES string of the molecule is CN(Cc1cnc(N)nc1)CC1(O)CCCN(CCCc2ccccc2)C1=O. The highest BCUT2D eigenvalue weighted by Gasteiger charge is 2.42. The molecule has 7 nitrogen and oxygen atoms in total. The van der Waals surface area contributed by atoms with Crippen molar-refractivity contribution in [3.63, 3.8) is 0 Å². The molecule has 2 heterocycles. The molecule has 1 fully saturated rings. The molecule has 0 saturated carbocycles. The monoisotopic (exact) mass is 383 g/mol. The lowest BCUT2D eigenvalue weighted by molar-refractivity contribution is -0.159. The third-order valence-corrected chi connectivity index (χ3v) is 5.15. The molecular formula is C21H29N5O2. The van der Waals surface area contributed by atoms with Gasteiger partial charge in [0.05, 0.1) is 0 Å². The molecule has 0 radical (unpaired) electrons. The van der Waals surface area contributed by atoms with Crippen LogP contribution in [0.5, 0.6) is 0 Å². The lowest BCUT2D eigenvalue weighted by Gasteiger charge is -2.40. The number of amides is 1. The Bertz CT molecular complexity index is 768. The van der Waals surface area contributed by atoms with E-state index in [1.54, 1.807) is 12.4 Å². The summed E-state index contributed by atoms with van der Waals surface area (Å²) in [4.78, 5) is 24.6. The maximum Gasteiger partial charge on any atom is 0.255 e. The first-order valence-corrected chi connectivity index (χ1v) is 9.77. The molecule has 1 aliphatic heterocycles. The molecule has 0 spiro atoms. The Balaban J connectivity index is 1.53. The van der Waals surface area contributed by atoms with Gasteiger partial charge in [-0.1, -0.05) is 30.3 Å². The fraction of sp³-hybridized carbons (Fsp3) is 0.476. The topological polar surface area (TPSA) is 95.6 Å². The second kappa shape index (κ2) is 9.12. The Morgan fingerprint density at radius 1 is 1.21 bits per heavy atom. The van der Waals surface area contributed by atoms with Gasteiger partial charge in [-0.15, -0.1) is 0 Å². The van der Waals surface area contributed by atoms with Crippen LogP contribution in [0.4, 0.5) is 5.95 Å². The Hall–Kier alpha value is -2.51. The minimum Gasteiger partial charge on any atom is -0.379 e. The first-order chi connectivity index (χ1) is 13.5. The van der Waals surface area contributed by atoms with Gasteiger partial charge in [0, 0.05) is 44.1 Å². The average Bonchev–Trinajstić information content (AvgIpc) is 2.68. The number of carbonyl (C=O) groups excluding carboxylic acids is 1. The van der Waals surface area contributed by atoms with Crippen LogP contribution in [0, 0.1) is 0 Å². The van der Waals surface area contributed by atoms with Gasteiger partial charge in [-0.2, -0.15) is 0 Å². The molecule has 1 saturated heterocycles. The number of hydrogen-bond acceptors (Lipinski definition) is 6. The van der Waals surface area contributed by atoms with Gasteiger partial charge in [0.25, 0.3) is 5.91 Å². The predicted molar refractivity (Wildman–Crippen MR) is 108 cm³/mol. The molecule has 1 unspecified atom stereocenters. The minimum atomic E-state index is -1.34. The molecule has 2 aromatic rings. The van der Waals surface area contributed by atoms with E-state index < -0.39 is 5.60 Å². The standard InChI is InChI=1S/C21H29N5O2/c1-25(15-18-13-23-20(22)24-14-18)16-21(28)10-6-12-26(19(21)27)11-5-9-17-7-3-2-4-8-17/h2-4,7-8,13-14,28H,5-6,9-12,15-16H2,1H3,(H2,22,23,24). The summed E-state index contributed by atoms with van der Waals surface area (Å²) in [6, 6.07) is 10.3. The maximum atomic E-state index is 12.9.